The molecule has 5 rings (SSSR count). The van der Waals surface area contributed by atoms with Gasteiger partial charge in [0.25, 0.3) is 0 Å². The Labute approximate surface area is 153 Å². The van der Waals surface area contributed by atoms with E-state index in [1.165, 1.54) is 0 Å². The van der Waals surface area contributed by atoms with Crippen molar-refractivity contribution in [2.24, 2.45) is 0 Å². The Hall–Kier alpha value is -3.19. The van der Waals surface area contributed by atoms with E-state index in [0.29, 0.717) is 0 Å². The molecule has 5 aromatic rings. The molecule has 1 aromatic carbocycles. The Balaban J connectivity index is 1.33. The maximum Gasteiger partial charge on any atom is 0.186 e. The van der Waals surface area contributed by atoms with Crippen molar-refractivity contribution in [3.05, 3.63) is 65.1 Å². The van der Waals surface area contributed by atoms with Gasteiger partial charge in [0.15, 0.2) is 11.5 Å². The zero-order valence-electron chi connectivity index (χ0n) is 13.8. The SMILES string of the molecule is c1ccc2oc(CCNc3ccc4nnc(-c5ccsc5)n4n3)cc2c1. The third-order valence-electron chi connectivity index (χ3n) is 4.20. The van der Waals surface area contributed by atoms with E-state index >= 15 is 0 Å². The van der Waals surface area contributed by atoms with Crippen molar-refractivity contribution in [1.82, 2.24) is 19.8 Å². The van der Waals surface area contributed by atoms with E-state index in [-0.39, 0.29) is 0 Å². The molecule has 0 unspecified atom stereocenters. The topological polar surface area (TPSA) is 68.2 Å². The highest BCUT2D eigenvalue weighted by molar-refractivity contribution is 7.08. The highest BCUT2D eigenvalue weighted by Gasteiger charge is 2.10. The molecule has 0 aliphatic rings. The van der Waals surface area contributed by atoms with E-state index in [2.05, 4.69) is 32.7 Å². The summed E-state index contributed by atoms with van der Waals surface area (Å²) in [6, 6.07) is 16.0. The maximum absolute atomic E-state index is 5.85. The molecule has 128 valence electrons. The summed E-state index contributed by atoms with van der Waals surface area (Å²) in [7, 11) is 0. The molecule has 6 nitrogen and oxygen atoms in total. The summed E-state index contributed by atoms with van der Waals surface area (Å²) in [5.41, 5.74) is 2.68. The van der Waals surface area contributed by atoms with E-state index < -0.39 is 0 Å². The highest BCUT2D eigenvalue weighted by Crippen LogP contribution is 2.21. The zero-order valence-corrected chi connectivity index (χ0v) is 14.6. The fourth-order valence-electron chi connectivity index (χ4n) is 2.93. The lowest BCUT2D eigenvalue weighted by atomic mass is 10.2. The minimum absolute atomic E-state index is 0.730. The molecule has 7 heteroatoms. The summed E-state index contributed by atoms with van der Waals surface area (Å²) >= 11 is 1.63. The van der Waals surface area contributed by atoms with Gasteiger partial charge in [-0.25, -0.2) is 0 Å². The second-order valence-electron chi connectivity index (χ2n) is 5.95. The number of anilines is 1. The number of thiophene rings is 1. The number of furan rings is 1. The molecule has 0 saturated carbocycles. The minimum Gasteiger partial charge on any atom is -0.461 e. The number of rotatable bonds is 5. The number of nitrogens with one attached hydrogen (secondary N) is 1. The van der Waals surface area contributed by atoms with Gasteiger partial charge < -0.3 is 9.73 Å². The summed E-state index contributed by atoms with van der Waals surface area (Å²) in [5, 5.41) is 21.6. The van der Waals surface area contributed by atoms with Gasteiger partial charge >= 0.3 is 0 Å². The number of fused-ring (bicyclic) bond motifs is 2. The van der Waals surface area contributed by atoms with E-state index in [9.17, 15) is 0 Å². The minimum atomic E-state index is 0.730. The zero-order chi connectivity index (χ0) is 17.3. The van der Waals surface area contributed by atoms with E-state index in [1.54, 1.807) is 15.9 Å². The van der Waals surface area contributed by atoms with Crippen LogP contribution in [0.2, 0.25) is 0 Å². The van der Waals surface area contributed by atoms with Gasteiger partial charge in [0.05, 0.1) is 0 Å². The Morgan fingerprint density at radius 3 is 2.92 bits per heavy atom. The molecule has 0 spiro atoms. The Bertz CT molecular complexity index is 1140. The predicted octanol–water partition coefficient (Wildman–Crippen LogP) is 4.25. The van der Waals surface area contributed by atoms with Crippen molar-refractivity contribution in [1.29, 1.82) is 0 Å². The molecule has 0 bridgehead atoms. The van der Waals surface area contributed by atoms with Gasteiger partial charge in [0.1, 0.15) is 17.2 Å². The maximum atomic E-state index is 5.85. The number of hydrogen-bond donors (Lipinski definition) is 1. The summed E-state index contributed by atoms with van der Waals surface area (Å²) in [4.78, 5) is 0. The van der Waals surface area contributed by atoms with Crippen LogP contribution in [0.25, 0.3) is 28.0 Å². The lowest BCUT2D eigenvalue weighted by Gasteiger charge is -2.05. The number of nitrogens with zero attached hydrogens (tertiary/aromatic N) is 4. The second kappa shape index (κ2) is 6.27. The molecule has 0 aliphatic carbocycles. The lowest BCUT2D eigenvalue weighted by molar-refractivity contribution is 0.553. The van der Waals surface area contributed by atoms with Crippen LogP contribution in [-0.4, -0.2) is 26.4 Å². The van der Waals surface area contributed by atoms with E-state index in [4.69, 9.17) is 4.42 Å². The van der Waals surface area contributed by atoms with Crippen LogP contribution in [0, 0.1) is 0 Å². The quantitative estimate of drug-likeness (QED) is 0.507. The van der Waals surface area contributed by atoms with Crippen LogP contribution >= 0.6 is 11.3 Å². The van der Waals surface area contributed by atoms with Crippen molar-refractivity contribution < 1.29 is 4.42 Å². The fourth-order valence-corrected chi connectivity index (χ4v) is 3.56. The smallest absolute Gasteiger partial charge is 0.186 e. The van der Waals surface area contributed by atoms with E-state index in [1.807, 2.05) is 47.2 Å². The van der Waals surface area contributed by atoms with Gasteiger partial charge in [-0.3, -0.25) is 0 Å². The van der Waals surface area contributed by atoms with Crippen LogP contribution in [-0.2, 0) is 6.42 Å². The molecule has 4 heterocycles. The first-order valence-corrected chi connectivity index (χ1v) is 9.27. The lowest BCUT2D eigenvalue weighted by Crippen LogP contribution is -2.08. The molecular formula is C19H15N5OS. The van der Waals surface area contributed by atoms with Gasteiger partial charge in [-0.1, -0.05) is 18.2 Å². The summed E-state index contributed by atoms with van der Waals surface area (Å²) < 4.78 is 7.62. The Morgan fingerprint density at radius 1 is 1.08 bits per heavy atom. The molecule has 0 atom stereocenters. The first-order chi connectivity index (χ1) is 12.9. The Morgan fingerprint density at radius 2 is 2.04 bits per heavy atom. The molecule has 0 fully saturated rings. The summed E-state index contributed by atoms with van der Waals surface area (Å²) in [5.74, 6) is 2.50. The van der Waals surface area contributed by atoms with Crippen LogP contribution < -0.4 is 5.32 Å². The molecule has 0 aliphatic heterocycles. The van der Waals surface area contributed by atoms with Gasteiger partial charge in [-0.05, 0) is 35.7 Å². The van der Waals surface area contributed by atoms with Crippen molar-refractivity contribution in [3.63, 3.8) is 0 Å². The largest absolute Gasteiger partial charge is 0.461 e. The first-order valence-electron chi connectivity index (χ1n) is 8.33. The van der Waals surface area contributed by atoms with Gasteiger partial charge in [-0.15, -0.1) is 15.3 Å². The third-order valence-corrected chi connectivity index (χ3v) is 4.88. The normalized spacial score (nSPS) is 11.4. The second-order valence-corrected chi connectivity index (χ2v) is 6.73. The molecule has 0 amide bonds. The molecular weight excluding hydrogens is 346 g/mol. The monoisotopic (exact) mass is 361 g/mol. The third kappa shape index (κ3) is 2.72. The predicted molar refractivity (Wildman–Crippen MR) is 103 cm³/mol. The molecule has 26 heavy (non-hydrogen) atoms. The Kier molecular flexibility index (Phi) is 3.64. The molecule has 0 saturated heterocycles. The standard InChI is InChI=1S/C19H15N5OS/c1-2-4-16-13(3-1)11-15(25-16)7-9-20-17-5-6-18-21-22-19(24(18)23-17)14-8-10-26-12-14/h1-6,8,10-12H,7,9H2,(H,20,23). The van der Waals surface area contributed by atoms with Crippen LogP contribution in [0.3, 0.4) is 0 Å². The van der Waals surface area contributed by atoms with Crippen molar-refractivity contribution in [2.45, 2.75) is 6.42 Å². The highest BCUT2D eigenvalue weighted by atomic mass is 32.1. The average molecular weight is 361 g/mol. The summed E-state index contributed by atoms with van der Waals surface area (Å²) in [6.07, 6.45) is 0.786. The van der Waals surface area contributed by atoms with Crippen molar-refractivity contribution >= 4 is 33.8 Å². The number of para-hydroxylation sites is 1. The van der Waals surface area contributed by atoms with Crippen molar-refractivity contribution in [3.8, 4) is 11.4 Å². The number of benzene rings is 1. The summed E-state index contributed by atoms with van der Waals surface area (Å²) in [6.45, 7) is 0.730. The molecule has 0 radical (unpaired) electrons. The fraction of sp³-hybridized carbons (Fsp3) is 0.105. The van der Waals surface area contributed by atoms with Crippen LogP contribution in [0.15, 0.2) is 63.7 Å². The van der Waals surface area contributed by atoms with Gasteiger partial charge in [0.2, 0.25) is 0 Å². The molecule has 4 aromatic heterocycles. The van der Waals surface area contributed by atoms with E-state index in [0.717, 1.165) is 52.5 Å². The molecule has 1 N–H and O–H groups in total. The number of hydrogen-bond acceptors (Lipinski definition) is 6. The number of aromatic nitrogens is 4. The van der Waals surface area contributed by atoms with Gasteiger partial charge in [-0.2, -0.15) is 15.9 Å². The average Bonchev–Trinajstić information content (AvgIpc) is 3.39. The van der Waals surface area contributed by atoms with Gasteiger partial charge in [0, 0.05) is 29.3 Å². The van der Waals surface area contributed by atoms with Crippen molar-refractivity contribution in [2.75, 3.05) is 11.9 Å². The van der Waals surface area contributed by atoms with Crippen LogP contribution in [0.5, 0.6) is 0 Å². The first kappa shape index (κ1) is 15.1. The van der Waals surface area contributed by atoms with Crippen LogP contribution in [0.4, 0.5) is 5.82 Å². The van der Waals surface area contributed by atoms with Crippen LogP contribution in [0.1, 0.15) is 5.76 Å².